The number of nitrogens with one attached hydrogen (secondary N) is 2. The second-order valence-corrected chi connectivity index (χ2v) is 9.95. The fourth-order valence-corrected chi connectivity index (χ4v) is 5.60. The predicted molar refractivity (Wildman–Crippen MR) is 126 cm³/mol. The van der Waals surface area contributed by atoms with Crippen molar-refractivity contribution in [2.75, 3.05) is 58.9 Å². The topological polar surface area (TPSA) is 63.2 Å². The van der Waals surface area contributed by atoms with E-state index in [0.717, 1.165) is 70.7 Å². The molecule has 7 nitrogen and oxygen atoms in total. The Morgan fingerprint density at radius 3 is 2.23 bits per heavy atom. The summed E-state index contributed by atoms with van der Waals surface area (Å²) in [6.45, 7) is 11.0. The molecule has 31 heavy (non-hydrogen) atoms. The molecule has 4 aliphatic rings. The maximum absolute atomic E-state index is 12.4. The van der Waals surface area contributed by atoms with Gasteiger partial charge in [-0.3, -0.25) is 14.7 Å². The Balaban J connectivity index is 1.15. The molecule has 0 aromatic heterocycles. The quantitative estimate of drug-likeness (QED) is 0.475. The van der Waals surface area contributed by atoms with Gasteiger partial charge in [0.2, 0.25) is 5.91 Å². The minimum Gasteiger partial charge on any atom is -0.357 e. The van der Waals surface area contributed by atoms with E-state index in [2.05, 4.69) is 32.3 Å². The summed E-state index contributed by atoms with van der Waals surface area (Å²) in [4.78, 5) is 24.5. The van der Waals surface area contributed by atoms with Crippen LogP contribution in [0.1, 0.15) is 64.7 Å². The van der Waals surface area contributed by atoms with Crippen molar-refractivity contribution in [1.29, 1.82) is 0 Å². The molecule has 0 atom stereocenters. The summed E-state index contributed by atoms with van der Waals surface area (Å²) < 4.78 is 0. The highest BCUT2D eigenvalue weighted by molar-refractivity contribution is 5.80. The summed E-state index contributed by atoms with van der Waals surface area (Å²) in [7, 11) is 0. The number of hydrogen-bond donors (Lipinski definition) is 2. The minimum absolute atomic E-state index is 0.329. The Labute approximate surface area is 189 Å². The number of guanidine groups is 1. The fourth-order valence-electron chi connectivity index (χ4n) is 5.60. The molecule has 4 fully saturated rings. The molecule has 4 rings (SSSR count). The molecule has 0 spiro atoms. The monoisotopic (exact) mass is 432 g/mol. The van der Waals surface area contributed by atoms with Gasteiger partial charge in [-0.1, -0.05) is 19.3 Å². The van der Waals surface area contributed by atoms with Crippen molar-refractivity contribution in [3.05, 3.63) is 0 Å². The van der Waals surface area contributed by atoms with Gasteiger partial charge >= 0.3 is 0 Å². The lowest BCUT2D eigenvalue weighted by atomic mass is 9.84. The van der Waals surface area contributed by atoms with E-state index < -0.39 is 0 Å². The fraction of sp³-hybridized carbons (Fsp3) is 0.917. The number of aliphatic imine (C=N–C) groups is 1. The van der Waals surface area contributed by atoms with E-state index in [1.54, 1.807) is 0 Å². The highest BCUT2D eigenvalue weighted by atomic mass is 16.2. The van der Waals surface area contributed by atoms with Crippen LogP contribution in [0.5, 0.6) is 0 Å². The van der Waals surface area contributed by atoms with Gasteiger partial charge in [-0.15, -0.1) is 0 Å². The first kappa shape index (κ1) is 22.8. The van der Waals surface area contributed by atoms with Gasteiger partial charge in [0.15, 0.2) is 5.96 Å². The van der Waals surface area contributed by atoms with Crippen LogP contribution in [0.4, 0.5) is 0 Å². The summed E-state index contributed by atoms with van der Waals surface area (Å²) in [5, 5.41) is 7.13. The third-order valence-electron chi connectivity index (χ3n) is 7.88. The number of carbonyl (C=O) groups excluding carboxylic acids is 1. The summed E-state index contributed by atoms with van der Waals surface area (Å²) in [5.74, 6) is 1.71. The van der Waals surface area contributed by atoms with Crippen LogP contribution in [0, 0.1) is 5.92 Å². The van der Waals surface area contributed by atoms with Crippen molar-refractivity contribution in [3.63, 3.8) is 0 Å². The number of carbonyl (C=O) groups is 1. The van der Waals surface area contributed by atoms with Gasteiger partial charge in [0.25, 0.3) is 0 Å². The highest BCUT2D eigenvalue weighted by Gasteiger charge is 2.31. The van der Waals surface area contributed by atoms with Gasteiger partial charge in [-0.05, 0) is 45.4 Å². The molecule has 7 heteroatoms. The lowest BCUT2D eigenvalue weighted by molar-refractivity contribution is -0.139. The van der Waals surface area contributed by atoms with Gasteiger partial charge in [0.1, 0.15) is 0 Å². The molecular formula is C24H44N6O. The molecular weight excluding hydrogens is 388 g/mol. The first-order valence-electron chi connectivity index (χ1n) is 13.0. The van der Waals surface area contributed by atoms with E-state index in [9.17, 15) is 4.79 Å². The zero-order chi connectivity index (χ0) is 21.5. The Morgan fingerprint density at radius 2 is 1.61 bits per heavy atom. The molecule has 2 heterocycles. The maximum Gasteiger partial charge on any atom is 0.225 e. The number of nitrogens with zero attached hydrogens (tertiary/aromatic N) is 4. The van der Waals surface area contributed by atoms with Crippen molar-refractivity contribution >= 4 is 11.9 Å². The first-order valence-corrected chi connectivity index (χ1v) is 13.0. The Morgan fingerprint density at radius 1 is 0.903 bits per heavy atom. The molecule has 0 aromatic carbocycles. The summed E-state index contributed by atoms with van der Waals surface area (Å²) in [6, 6.07) is 1.39. The maximum atomic E-state index is 12.4. The standard InChI is InChI=1S/C24H44N6O/c1-2-25-24(27-21-10-13-29(14-11-21)22-8-3-4-9-22)26-12-15-28-16-18-30(19-17-28)23(31)20-6-5-7-20/h20-22H,2-19H2,1H3,(H2,25,26,27). The molecule has 0 bridgehead atoms. The molecule has 2 aliphatic heterocycles. The molecule has 1 amide bonds. The van der Waals surface area contributed by atoms with Gasteiger partial charge < -0.3 is 20.4 Å². The number of piperazine rings is 1. The van der Waals surface area contributed by atoms with Crippen LogP contribution in [0.2, 0.25) is 0 Å². The van der Waals surface area contributed by atoms with Gasteiger partial charge in [0.05, 0.1) is 6.54 Å². The minimum atomic E-state index is 0.329. The Hall–Kier alpha value is -1.34. The molecule has 176 valence electrons. The van der Waals surface area contributed by atoms with Crippen molar-refractivity contribution in [1.82, 2.24) is 25.3 Å². The van der Waals surface area contributed by atoms with Crippen molar-refractivity contribution in [2.45, 2.75) is 76.8 Å². The Bertz CT molecular complexity index is 585. The zero-order valence-electron chi connectivity index (χ0n) is 19.7. The molecule has 0 aromatic rings. The molecule has 2 N–H and O–H groups in total. The van der Waals surface area contributed by atoms with Crippen LogP contribution in [-0.2, 0) is 4.79 Å². The molecule has 2 saturated carbocycles. The second kappa shape index (κ2) is 11.5. The Kier molecular flexibility index (Phi) is 8.48. The molecule has 2 aliphatic carbocycles. The van der Waals surface area contributed by atoms with Crippen LogP contribution in [0.25, 0.3) is 0 Å². The molecule has 0 radical (unpaired) electrons. The number of hydrogen-bond acceptors (Lipinski definition) is 4. The normalized spacial score (nSPS) is 25.6. The average molecular weight is 433 g/mol. The summed E-state index contributed by atoms with van der Waals surface area (Å²) in [6.07, 6.45) is 11.5. The molecule has 0 unspecified atom stereocenters. The van der Waals surface area contributed by atoms with Crippen molar-refractivity contribution < 1.29 is 4.79 Å². The summed E-state index contributed by atoms with van der Waals surface area (Å²) in [5.41, 5.74) is 0. The van der Waals surface area contributed by atoms with Crippen LogP contribution in [0.15, 0.2) is 4.99 Å². The van der Waals surface area contributed by atoms with Crippen LogP contribution >= 0.6 is 0 Å². The lowest BCUT2D eigenvalue weighted by Crippen LogP contribution is -2.52. The smallest absolute Gasteiger partial charge is 0.225 e. The van der Waals surface area contributed by atoms with Crippen molar-refractivity contribution in [2.24, 2.45) is 10.9 Å². The second-order valence-electron chi connectivity index (χ2n) is 9.95. The number of piperidine rings is 1. The highest BCUT2D eigenvalue weighted by Crippen LogP contribution is 2.28. The van der Waals surface area contributed by atoms with E-state index in [-0.39, 0.29) is 0 Å². The number of likely N-dealkylation sites (tertiary alicyclic amines) is 1. The van der Waals surface area contributed by atoms with Crippen LogP contribution in [0.3, 0.4) is 0 Å². The zero-order valence-corrected chi connectivity index (χ0v) is 19.7. The van der Waals surface area contributed by atoms with E-state index >= 15 is 0 Å². The summed E-state index contributed by atoms with van der Waals surface area (Å²) >= 11 is 0. The van der Waals surface area contributed by atoms with Crippen LogP contribution in [-0.4, -0.2) is 97.6 Å². The SMILES string of the molecule is CCNC(=NCCN1CCN(C(=O)C2CCC2)CC1)NC1CCN(C2CCCC2)CC1. The largest absolute Gasteiger partial charge is 0.357 e. The van der Waals surface area contributed by atoms with Gasteiger partial charge in [-0.2, -0.15) is 0 Å². The van der Waals surface area contributed by atoms with Crippen molar-refractivity contribution in [3.8, 4) is 0 Å². The molecule has 2 saturated heterocycles. The first-order chi connectivity index (χ1) is 15.2. The van der Waals surface area contributed by atoms with E-state index in [4.69, 9.17) is 4.99 Å². The number of rotatable bonds is 7. The van der Waals surface area contributed by atoms with Crippen LogP contribution < -0.4 is 10.6 Å². The third kappa shape index (κ3) is 6.35. The average Bonchev–Trinajstić information content (AvgIpc) is 3.28. The lowest BCUT2D eigenvalue weighted by Gasteiger charge is -2.38. The predicted octanol–water partition coefficient (Wildman–Crippen LogP) is 1.89. The third-order valence-corrected chi connectivity index (χ3v) is 7.88. The van der Waals surface area contributed by atoms with Gasteiger partial charge in [0, 0.05) is 70.4 Å². The van der Waals surface area contributed by atoms with E-state index in [1.165, 1.54) is 58.0 Å². The number of amides is 1. The van der Waals surface area contributed by atoms with E-state index in [1.807, 2.05) is 0 Å². The van der Waals surface area contributed by atoms with Gasteiger partial charge in [-0.25, -0.2) is 0 Å². The van der Waals surface area contributed by atoms with E-state index in [0.29, 0.717) is 17.9 Å².